The van der Waals surface area contributed by atoms with E-state index in [4.69, 9.17) is 14.6 Å². The zero-order valence-corrected chi connectivity index (χ0v) is 25.0. The van der Waals surface area contributed by atoms with Crippen LogP contribution in [-0.4, -0.2) is 30.3 Å². The van der Waals surface area contributed by atoms with Crippen LogP contribution in [0.1, 0.15) is 83.6 Å². The molecule has 1 atom stereocenters. The molecule has 1 N–H and O–H groups in total. The van der Waals surface area contributed by atoms with Gasteiger partial charge in [0.25, 0.3) is 0 Å². The first-order valence-corrected chi connectivity index (χ1v) is 16.1. The van der Waals surface area contributed by atoms with Gasteiger partial charge in [-0.2, -0.15) is 5.26 Å². The Kier molecular flexibility index (Phi) is 10.9. The molecule has 1 unspecified atom stereocenters. The van der Waals surface area contributed by atoms with Gasteiger partial charge in [-0.05, 0) is 87.2 Å². The summed E-state index contributed by atoms with van der Waals surface area (Å²) in [6, 6.07) is 5.74. The number of aliphatic hydroxyl groups excluding tert-OH is 1. The largest absolute Gasteiger partial charge is 0.462 e. The Bertz CT molecular complexity index is 1110. The summed E-state index contributed by atoms with van der Waals surface area (Å²) in [5, 5.41) is 18.9. The van der Waals surface area contributed by atoms with Crippen molar-refractivity contribution in [1.29, 1.82) is 5.26 Å². The lowest BCUT2D eigenvalue weighted by atomic mass is 9.69. The number of hydrogen-bond acceptors (Lipinski definition) is 8. The zero-order valence-electron chi connectivity index (χ0n) is 23.4. The number of nitriles is 1. The number of ether oxygens (including phenoxy) is 2. The lowest BCUT2D eigenvalue weighted by Crippen LogP contribution is -2.30. The van der Waals surface area contributed by atoms with Gasteiger partial charge in [-0.3, -0.25) is 4.79 Å². The number of thioether (sulfide) groups is 2. The number of carbonyl (C=O) groups excluding carboxylic acids is 2. The maximum Gasteiger partial charge on any atom is 0.350 e. The summed E-state index contributed by atoms with van der Waals surface area (Å²) in [6.45, 7) is 6.31. The highest BCUT2D eigenvalue weighted by molar-refractivity contribution is 8.24. The number of carbonyl (C=O) groups is 2. The maximum absolute atomic E-state index is 13.2. The maximum atomic E-state index is 13.2. The average Bonchev–Trinajstić information content (AvgIpc) is 3.41. The topological polar surface area (TPSA) is 96.6 Å². The van der Waals surface area contributed by atoms with Crippen LogP contribution in [0.15, 0.2) is 31.7 Å². The summed E-state index contributed by atoms with van der Waals surface area (Å²) >= 11 is 2.64. The van der Waals surface area contributed by atoms with Crippen LogP contribution in [0.4, 0.5) is 0 Å². The quantitative estimate of drug-likeness (QED) is 0.142. The summed E-state index contributed by atoms with van der Waals surface area (Å²) in [4.78, 5) is 27.5. The number of esters is 2. The number of benzene rings is 1. The molecule has 39 heavy (non-hydrogen) atoms. The van der Waals surface area contributed by atoms with Crippen molar-refractivity contribution >= 4 is 35.5 Å². The molecule has 1 aromatic carbocycles. The van der Waals surface area contributed by atoms with Gasteiger partial charge >= 0.3 is 11.9 Å². The predicted molar refractivity (Wildman–Crippen MR) is 154 cm³/mol. The molecule has 2 fully saturated rings. The minimum Gasteiger partial charge on any atom is -0.462 e. The van der Waals surface area contributed by atoms with E-state index < -0.39 is 5.97 Å². The molecule has 0 bridgehead atoms. The van der Waals surface area contributed by atoms with Crippen molar-refractivity contribution in [1.82, 2.24) is 0 Å². The number of rotatable bonds is 9. The van der Waals surface area contributed by atoms with E-state index >= 15 is 0 Å². The first kappa shape index (κ1) is 30.0. The second kappa shape index (κ2) is 14.1. The van der Waals surface area contributed by atoms with E-state index in [1.807, 2.05) is 32.0 Å². The van der Waals surface area contributed by atoms with E-state index in [1.165, 1.54) is 55.6 Å². The van der Waals surface area contributed by atoms with Crippen molar-refractivity contribution < 1.29 is 24.2 Å². The normalized spacial score (nSPS) is 26.7. The van der Waals surface area contributed by atoms with Gasteiger partial charge in [0, 0.05) is 11.5 Å². The Balaban J connectivity index is 1.37. The van der Waals surface area contributed by atoms with Crippen LogP contribution in [0.5, 0.6) is 5.75 Å². The van der Waals surface area contributed by atoms with Crippen LogP contribution in [0, 0.1) is 47.8 Å². The van der Waals surface area contributed by atoms with E-state index in [9.17, 15) is 14.9 Å². The van der Waals surface area contributed by atoms with Crippen molar-refractivity contribution in [3.8, 4) is 11.8 Å². The average molecular weight is 572 g/mol. The van der Waals surface area contributed by atoms with Crippen molar-refractivity contribution in [3.05, 3.63) is 27.5 Å². The molecule has 1 aliphatic heterocycles. The third-order valence-electron chi connectivity index (χ3n) is 8.79. The Morgan fingerprint density at radius 2 is 1.69 bits per heavy atom. The molecule has 1 heterocycles. The van der Waals surface area contributed by atoms with Crippen LogP contribution < -0.4 is 4.74 Å². The van der Waals surface area contributed by atoms with E-state index in [2.05, 4.69) is 6.92 Å². The van der Waals surface area contributed by atoms with E-state index in [0.717, 1.165) is 58.8 Å². The fraction of sp³-hybridized carbons (Fsp3) is 0.645. The summed E-state index contributed by atoms with van der Waals surface area (Å²) in [6.07, 6.45) is 11.2. The molecular formula is C31H41NO5S2. The van der Waals surface area contributed by atoms with Gasteiger partial charge in [-0.1, -0.05) is 62.7 Å². The summed E-state index contributed by atoms with van der Waals surface area (Å²) in [5.74, 6) is 2.07. The van der Waals surface area contributed by atoms with Gasteiger partial charge in [0.05, 0.1) is 21.7 Å². The molecule has 2 saturated carbocycles. The highest BCUT2D eigenvalue weighted by atomic mass is 32.2. The third kappa shape index (κ3) is 7.42. The number of nitrogens with zero attached hydrogens (tertiary/aromatic N) is 1. The molecule has 0 spiro atoms. The lowest BCUT2D eigenvalue weighted by Gasteiger charge is -2.37. The van der Waals surface area contributed by atoms with Crippen LogP contribution in [-0.2, 0) is 14.3 Å². The van der Waals surface area contributed by atoms with Gasteiger partial charge in [-0.25, -0.2) is 4.79 Å². The van der Waals surface area contributed by atoms with Gasteiger partial charge < -0.3 is 14.6 Å². The molecule has 0 amide bonds. The Morgan fingerprint density at radius 3 is 2.31 bits per heavy atom. The molecular weight excluding hydrogens is 530 g/mol. The highest BCUT2D eigenvalue weighted by Crippen LogP contribution is 2.57. The standard InChI is InChI=1S/C31H41NO5S2/c1-4-21-6-8-22(9-7-21)23-10-12-24(13-11-23)29(34)37-26-14-5-20(3)27-28(26)39-31(38-27)25(17-32)30(35)36-16-15-19(2)18-33/h5,14,19,21-24,33H,4,6-13,15-16,18H2,1-3H3/b31-25+. The molecule has 4 rings (SSSR count). The van der Waals surface area contributed by atoms with Crippen molar-refractivity contribution in [2.45, 2.75) is 94.8 Å². The Labute approximate surface area is 241 Å². The molecule has 2 aliphatic carbocycles. The molecule has 1 aromatic rings. The zero-order chi connectivity index (χ0) is 27.9. The van der Waals surface area contributed by atoms with Crippen molar-refractivity contribution in [3.63, 3.8) is 0 Å². The fourth-order valence-electron chi connectivity index (χ4n) is 6.03. The van der Waals surface area contributed by atoms with Crippen LogP contribution in [0.3, 0.4) is 0 Å². The third-order valence-corrected chi connectivity index (χ3v) is 11.5. The smallest absolute Gasteiger partial charge is 0.350 e. The van der Waals surface area contributed by atoms with Gasteiger partial charge in [0.2, 0.25) is 0 Å². The Morgan fingerprint density at radius 1 is 1.05 bits per heavy atom. The minimum atomic E-state index is -0.665. The summed E-state index contributed by atoms with van der Waals surface area (Å²) in [5.41, 5.74) is 0.957. The van der Waals surface area contributed by atoms with E-state index in [1.54, 1.807) is 0 Å². The van der Waals surface area contributed by atoms with Gasteiger partial charge in [-0.15, -0.1) is 0 Å². The van der Waals surface area contributed by atoms with Crippen molar-refractivity contribution in [2.24, 2.45) is 29.6 Å². The second-order valence-corrected chi connectivity index (χ2v) is 13.8. The minimum absolute atomic E-state index is 0.0197. The number of hydrogen-bond donors (Lipinski definition) is 1. The lowest BCUT2D eigenvalue weighted by molar-refractivity contribution is -0.141. The monoisotopic (exact) mass is 571 g/mol. The SMILES string of the molecule is CCC1CCC(C2CCC(C(=O)Oc3ccc(C)c4c3S/C(=C(\C#N)C(=O)OCCC(C)CO)S4)CC2)CC1. The fourth-order valence-corrected chi connectivity index (χ4v) is 8.67. The number of aliphatic hydroxyl groups is 1. The number of aryl methyl sites for hydroxylation is 1. The first-order chi connectivity index (χ1) is 18.8. The summed E-state index contributed by atoms with van der Waals surface area (Å²) in [7, 11) is 0. The van der Waals surface area contributed by atoms with Gasteiger partial charge in [0.1, 0.15) is 11.8 Å². The van der Waals surface area contributed by atoms with E-state index in [-0.39, 0.29) is 36.6 Å². The van der Waals surface area contributed by atoms with Crippen LogP contribution in [0.25, 0.3) is 0 Å². The molecule has 0 aromatic heterocycles. The molecule has 212 valence electrons. The summed E-state index contributed by atoms with van der Waals surface area (Å²) < 4.78 is 11.8. The van der Waals surface area contributed by atoms with Gasteiger partial charge in [0.15, 0.2) is 5.57 Å². The molecule has 6 nitrogen and oxygen atoms in total. The molecule has 0 radical (unpaired) electrons. The number of fused-ring (bicyclic) bond motifs is 1. The van der Waals surface area contributed by atoms with Crippen LogP contribution in [0.2, 0.25) is 0 Å². The van der Waals surface area contributed by atoms with E-state index in [0.29, 0.717) is 16.4 Å². The Hall–Kier alpha value is -1.95. The van der Waals surface area contributed by atoms with Crippen LogP contribution >= 0.6 is 23.5 Å². The predicted octanol–water partition coefficient (Wildman–Crippen LogP) is 7.42. The molecule has 3 aliphatic rings. The second-order valence-electron chi connectivity index (χ2n) is 11.5. The van der Waals surface area contributed by atoms with Crippen molar-refractivity contribution in [2.75, 3.05) is 13.2 Å². The molecule has 8 heteroatoms. The molecule has 0 saturated heterocycles. The highest BCUT2D eigenvalue weighted by Gasteiger charge is 2.35. The first-order valence-electron chi connectivity index (χ1n) is 14.5.